The number of rotatable bonds is 6. The number of ether oxygens (including phenoxy) is 5. The number of benzene rings is 2. The van der Waals surface area contributed by atoms with E-state index < -0.39 is 0 Å². The van der Waals surface area contributed by atoms with Crippen molar-refractivity contribution in [3.05, 3.63) is 60.4 Å². The van der Waals surface area contributed by atoms with Crippen molar-refractivity contribution in [2.24, 2.45) is 7.05 Å². The highest BCUT2D eigenvalue weighted by Gasteiger charge is 2.17. The van der Waals surface area contributed by atoms with Crippen LogP contribution in [0.15, 0.2) is 54.7 Å². The van der Waals surface area contributed by atoms with E-state index in [9.17, 15) is 4.79 Å². The molecule has 3 heterocycles. The largest absolute Gasteiger partial charge is 0.493 e. The second kappa shape index (κ2) is 8.27. The normalized spacial score (nSPS) is 12.0. The van der Waals surface area contributed by atoms with E-state index in [1.54, 1.807) is 55.2 Å². The van der Waals surface area contributed by atoms with E-state index in [2.05, 4.69) is 10.3 Å². The van der Waals surface area contributed by atoms with Gasteiger partial charge in [0, 0.05) is 30.6 Å². The number of methoxy groups -OCH3 is 2. The van der Waals surface area contributed by atoms with E-state index in [0.29, 0.717) is 46.0 Å². The predicted molar refractivity (Wildman–Crippen MR) is 121 cm³/mol. The summed E-state index contributed by atoms with van der Waals surface area (Å²) in [5.74, 6) is 3.20. The van der Waals surface area contributed by atoms with E-state index in [-0.39, 0.29) is 12.7 Å². The lowest BCUT2D eigenvalue weighted by molar-refractivity contribution is 0.101. The number of anilines is 1. The van der Waals surface area contributed by atoms with Crippen LogP contribution in [0.1, 0.15) is 10.5 Å². The van der Waals surface area contributed by atoms with Crippen molar-refractivity contribution in [3.63, 3.8) is 0 Å². The van der Waals surface area contributed by atoms with E-state index in [4.69, 9.17) is 23.7 Å². The summed E-state index contributed by atoms with van der Waals surface area (Å²) >= 11 is 0. The van der Waals surface area contributed by atoms with Crippen LogP contribution in [0.5, 0.6) is 34.6 Å². The molecule has 4 aromatic rings. The number of amides is 1. The molecule has 0 saturated heterocycles. The molecule has 1 N–H and O–H groups in total. The Morgan fingerprint density at radius 2 is 1.79 bits per heavy atom. The van der Waals surface area contributed by atoms with Crippen LogP contribution in [-0.2, 0) is 7.05 Å². The second-order valence-electron chi connectivity index (χ2n) is 7.31. The van der Waals surface area contributed by atoms with Crippen LogP contribution < -0.4 is 29.0 Å². The smallest absolute Gasteiger partial charge is 0.272 e. The maximum atomic E-state index is 12.9. The quantitative estimate of drug-likeness (QED) is 0.469. The third-order valence-corrected chi connectivity index (χ3v) is 5.34. The lowest BCUT2D eigenvalue weighted by Crippen LogP contribution is -2.15. The molecule has 0 saturated carbocycles. The predicted octanol–water partition coefficient (Wildman–Crippen LogP) is 4.36. The zero-order valence-corrected chi connectivity index (χ0v) is 18.2. The summed E-state index contributed by atoms with van der Waals surface area (Å²) in [6, 6.07) is 14.2. The highest BCUT2D eigenvalue weighted by atomic mass is 16.7. The Bertz CT molecular complexity index is 1350. The van der Waals surface area contributed by atoms with Crippen LogP contribution >= 0.6 is 0 Å². The highest BCUT2D eigenvalue weighted by Crippen LogP contribution is 2.36. The Hall–Kier alpha value is -4.40. The van der Waals surface area contributed by atoms with Crippen LogP contribution in [-0.4, -0.2) is 36.5 Å². The third-order valence-electron chi connectivity index (χ3n) is 5.34. The molecule has 168 valence electrons. The van der Waals surface area contributed by atoms with Gasteiger partial charge in [-0.1, -0.05) is 0 Å². The molecule has 9 nitrogen and oxygen atoms in total. The van der Waals surface area contributed by atoms with Gasteiger partial charge in [0.2, 0.25) is 12.7 Å². The Morgan fingerprint density at radius 1 is 1.00 bits per heavy atom. The summed E-state index contributed by atoms with van der Waals surface area (Å²) in [5.41, 5.74) is 1.88. The van der Waals surface area contributed by atoms with Crippen molar-refractivity contribution in [2.45, 2.75) is 0 Å². The number of nitrogens with zero attached hydrogens (tertiary/aromatic N) is 2. The minimum absolute atomic E-state index is 0.198. The van der Waals surface area contributed by atoms with E-state index in [1.807, 2.05) is 19.2 Å². The molecule has 0 aliphatic carbocycles. The molecule has 2 aromatic carbocycles. The molecule has 0 radical (unpaired) electrons. The third kappa shape index (κ3) is 3.84. The summed E-state index contributed by atoms with van der Waals surface area (Å²) in [7, 11) is 4.98. The van der Waals surface area contributed by atoms with Crippen molar-refractivity contribution >= 4 is 22.5 Å². The molecule has 2 aromatic heterocycles. The van der Waals surface area contributed by atoms with Gasteiger partial charge in [0.1, 0.15) is 11.4 Å². The van der Waals surface area contributed by atoms with Gasteiger partial charge in [-0.15, -0.1) is 0 Å². The summed E-state index contributed by atoms with van der Waals surface area (Å²) in [6.07, 6.45) is 1.54. The molecule has 33 heavy (non-hydrogen) atoms. The number of carbonyl (C=O) groups excluding carboxylic acids is 1. The Labute approximate surface area is 189 Å². The first-order valence-corrected chi connectivity index (χ1v) is 10.1. The standard InChI is InChI=1S/C24H21N3O6/c1-27-17-11-21(30-3)20(29-2)9-14(17)8-18(27)24(28)26-15-4-7-23(25-12-15)33-16-5-6-19-22(10-16)32-13-31-19/h4-12H,13H2,1-3H3,(H,26,28). The highest BCUT2D eigenvalue weighted by molar-refractivity contribution is 6.06. The Morgan fingerprint density at radius 3 is 2.55 bits per heavy atom. The summed E-state index contributed by atoms with van der Waals surface area (Å²) in [5, 5.41) is 3.73. The molecule has 9 heteroatoms. The number of hydrogen-bond acceptors (Lipinski definition) is 7. The Kier molecular flexibility index (Phi) is 5.14. The fourth-order valence-electron chi connectivity index (χ4n) is 3.65. The van der Waals surface area contributed by atoms with Gasteiger partial charge in [-0.2, -0.15) is 0 Å². The van der Waals surface area contributed by atoms with Crippen molar-refractivity contribution < 1.29 is 28.5 Å². The maximum Gasteiger partial charge on any atom is 0.272 e. The van der Waals surface area contributed by atoms with Crippen molar-refractivity contribution in [1.82, 2.24) is 9.55 Å². The average Bonchev–Trinajstić information content (AvgIpc) is 3.43. The van der Waals surface area contributed by atoms with Crippen LogP contribution in [0.4, 0.5) is 5.69 Å². The zero-order valence-electron chi connectivity index (χ0n) is 18.2. The molecular formula is C24H21N3O6. The minimum atomic E-state index is -0.266. The first kappa shape index (κ1) is 20.5. The maximum absolute atomic E-state index is 12.9. The molecule has 1 aliphatic heterocycles. The zero-order chi connectivity index (χ0) is 22.9. The second-order valence-corrected chi connectivity index (χ2v) is 7.31. The lowest BCUT2D eigenvalue weighted by Gasteiger charge is -2.09. The first-order chi connectivity index (χ1) is 16.1. The number of hydrogen-bond donors (Lipinski definition) is 1. The van der Waals surface area contributed by atoms with Crippen LogP contribution in [0.3, 0.4) is 0 Å². The molecule has 0 atom stereocenters. The van der Waals surface area contributed by atoms with Gasteiger partial charge in [0.25, 0.3) is 5.91 Å². The van der Waals surface area contributed by atoms with Gasteiger partial charge in [-0.05, 0) is 30.3 Å². The van der Waals surface area contributed by atoms with Gasteiger partial charge >= 0.3 is 0 Å². The number of nitrogens with one attached hydrogen (secondary N) is 1. The number of aryl methyl sites for hydroxylation is 1. The lowest BCUT2D eigenvalue weighted by atomic mass is 10.2. The minimum Gasteiger partial charge on any atom is -0.493 e. The van der Waals surface area contributed by atoms with Gasteiger partial charge in [0.15, 0.2) is 23.0 Å². The van der Waals surface area contributed by atoms with E-state index in [1.165, 1.54) is 6.20 Å². The molecule has 1 amide bonds. The van der Waals surface area contributed by atoms with Crippen molar-refractivity contribution in [1.29, 1.82) is 0 Å². The van der Waals surface area contributed by atoms with Crippen molar-refractivity contribution in [2.75, 3.05) is 26.3 Å². The molecule has 5 rings (SSSR count). The average molecular weight is 447 g/mol. The Balaban J connectivity index is 1.31. The van der Waals surface area contributed by atoms with Gasteiger partial charge in [0.05, 0.1) is 31.6 Å². The fraction of sp³-hybridized carbons (Fsp3) is 0.167. The molecule has 0 fully saturated rings. The van der Waals surface area contributed by atoms with E-state index in [0.717, 1.165) is 10.9 Å². The number of carbonyl (C=O) groups is 1. The first-order valence-electron chi connectivity index (χ1n) is 10.1. The number of fused-ring (bicyclic) bond motifs is 2. The van der Waals surface area contributed by atoms with Gasteiger partial charge in [-0.25, -0.2) is 4.98 Å². The SMILES string of the molecule is COc1cc2cc(C(=O)Nc3ccc(Oc4ccc5c(c4)OCO5)nc3)n(C)c2cc1OC. The summed E-state index contributed by atoms with van der Waals surface area (Å²) < 4.78 is 28.9. The van der Waals surface area contributed by atoms with Crippen LogP contribution in [0.25, 0.3) is 10.9 Å². The van der Waals surface area contributed by atoms with Gasteiger partial charge in [-0.3, -0.25) is 4.79 Å². The molecule has 1 aliphatic rings. The number of pyridine rings is 1. The molecule has 0 bridgehead atoms. The van der Waals surface area contributed by atoms with Crippen molar-refractivity contribution in [3.8, 4) is 34.6 Å². The molecule has 0 spiro atoms. The molecular weight excluding hydrogens is 426 g/mol. The monoisotopic (exact) mass is 447 g/mol. The fourth-order valence-corrected chi connectivity index (χ4v) is 3.65. The van der Waals surface area contributed by atoms with E-state index >= 15 is 0 Å². The van der Waals surface area contributed by atoms with Crippen LogP contribution in [0, 0.1) is 0 Å². The summed E-state index contributed by atoms with van der Waals surface area (Å²) in [4.78, 5) is 17.2. The van der Waals surface area contributed by atoms with Crippen LogP contribution in [0.2, 0.25) is 0 Å². The summed E-state index contributed by atoms with van der Waals surface area (Å²) in [6.45, 7) is 0.198. The van der Waals surface area contributed by atoms with Gasteiger partial charge < -0.3 is 33.6 Å². The number of aromatic nitrogens is 2. The molecule has 0 unspecified atom stereocenters. The topological polar surface area (TPSA) is 93.1 Å².